The van der Waals surface area contributed by atoms with Gasteiger partial charge >= 0.3 is 0 Å². The maximum atomic E-state index is 5.62. The number of hydrogen-bond acceptors (Lipinski definition) is 6. The minimum atomic E-state index is 0.250. The van der Waals surface area contributed by atoms with Gasteiger partial charge in [-0.2, -0.15) is 0 Å². The minimum absolute atomic E-state index is 0.250. The number of aromatic nitrogens is 3. The van der Waals surface area contributed by atoms with Crippen molar-refractivity contribution in [2.75, 3.05) is 12.4 Å². The number of hydrogen-bond donors (Lipinski definition) is 1. The Hall–Kier alpha value is -3.41. The van der Waals surface area contributed by atoms with Crippen LogP contribution in [0.3, 0.4) is 0 Å². The summed E-state index contributed by atoms with van der Waals surface area (Å²) in [6.45, 7) is 6.01. The van der Waals surface area contributed by atoms with E-state index in [1.165, 1.54) is 0 Å². The highest BCUT2D eigenvalue weighted by atomic mass is 16.5. The molecule has 2 aromatic heterocycles. The van der Waals surface area contributed by atoms with Gasteiger partial charge in [0.1, 0.15) is 11.5 Å². The van der Waals surface area contributed by atoms with Crippen molar-refractivity contribution < 1.29 is 9.26 Å². The summed E-state index contributed by atoms with van der Waals surface area (Å²) < 4.78 is 10.9. The summed E-state index contributed by atoms with van der Waals surface area (Å²) in [4.78, 5) is 9.11. The smallest absolute Gasteiger partial charge is 0.227 e. The number of methoxy groups -OCH3 is 1. The Morgan fingerprint density at radius 2 is 1.93 bits per heavy atom. The predicted molar refractivity (Wildman–Crippen MR) is 113 cm³/mol. The quantitative estimate of drug-likeness (QED) is 0.635. The highest BCUT2D eigenvalue weighted by Gasteiger charge is 2.19. The summed E-state index contributed by atoms with van der Waals surface area (Å²) in [5, 5.41) is 7.33. The van der Waals surface area contributed by atoms with Gasteiger partial charge in [0, 0.05) is 29.4 Å². The van der Waals surface area contributed by atoms with Crippen molar-refractivity contribution in [1.82, 2.24) is 15.1 Å². The van der Waals surface area contributed by atoms with Gasteiger partial charge in [-0.25, -0.2) is 9.97 Å². The summed E-state index contributed by atoms with van der Waals surface area (Å²) in [6.07, 6.45) is 10.3. The number of nitrogens with zero attached hydrogens (tertiary/aromatic N) is 3. The Morgan fingerprint density at radius 3 is 2.66 bits per heavy atom. The second kappa shape index (κ2) is 7.91. The molecule has 4 rings (SSSR count). The van der Waals surface area contributed by atoms with Gasteiger partial charge in [0.2, 0.25) is 5.95 Å². The fourth-order valence-electron chi connectivity index (χ4n) is 3.68. The number of benzene rings is 1. The second-order valence-electron chi connectivity index (χ2n) is 7.20. The van der Waals surface area contributed by atoms with Gasteiger partial charge in [-0.05, 0) is 38.0 Å². The van der Waals surface area contributed by atoms with Gasteiger partial charge in [-0.15, -0.1) is 0 Å². The van der Waals surface area contributed by atoms with Crippen LogP contribution in [-0.2, 0) is 0 Å². The molecule has 6 nitrogen and oxygen atoms in total. The lowest BCUT2D eigenvalue weighted by Crippen LogP contribution is -2.10. The van der Waals surface area contributed by atoms with Crippen LogP contribution in [0.2, 0.25) is 0 Å². The van der Waals surface area contributed by atoms with E-state index in [0.29, 0.717) is 11.9 Å². The molecule has 0 spiro atoms. The molecule has 1 aliphatic rings. The summed E-state index contributed by atoms with van der Waals surface area (Å²) >= 11 is 0. The zero-order valence-electron chi connectivity index (χ0n) is 17.0. The van der Waals surface area contributed by atoms with E-state index in [1.807, 2.05) is 38.1 Å². The van der Waals surface area contributed by atoms with Crippen LogP contribution in [-0.4, -0.2) is 22.2 Å². The zero-order valence-corrected chi connectivity index (χ0v) is 17.0. The molecule has 1 N–H and O–H groups in total. The van der Waals surface area contributed by atoms with E-state index in [4.69, 9.17) is 14.2 Å². The number of allylic oxidation sites excluding steroid dienone is 4. The minimum Gasteiger partial charge on any atom is -0.496 e. The molecular weight excluding hydrogens is 364 g/mol. The molecule has 1 aromatic carbocycles. The molecule has 0 bridgehead atoms. The summed E-state index contributed by atoms with van der Waals surface area (Å²) in [5.74, 6) is 2.71. The largest absolute Gasteiger partial charge is 0.496 e. The first-order chi connectivity index (χ1) is 14.1. The van der Waals surface area contributed by atoms with E-state index >= 15 is 0 Å². The average Bonchev–Trinajstić information content (AvgIpc) is 3.06. The average molecular weight is 388 g/mol. The van der Waals surface area contributed by atoms with Crippen molar-refractivity contribution in [2.45, 2.75) is 26.7 Å². The van der Waals surface area contributed by atoms with Crippen molar-refractivity contribution in [3.63, 3.8) is 0 Å². The highest BCUT2D eigenvalue weighted by Crippen LogP contribution is 2.37. The molecule has 0 aliphatic heterocycles. The molecule has 148 valence electrons. The molecule has 0 radical (unpaired) electrons. The second-order valence-corrected chi connectivity index (χ2v) is 7.20. The third-order valence-electron chi connectivity index (χ3n) is 5.19. The molecule has 3 aromatic rings. The van der Waals surface area contributed by atoms with Crippen molar-refractivity contribution in [1.29, 1.82) is 0 Å². The molecule has 0 saturated heterocycles. The number of ether oxygens (including phenoxy) is 1. The van der Waals surface area contributed by atoms with Crippen molar-refractivity contribution in [2.24, 2.45) is 5.92 Å². The molecular formula is C23H24N4O2. The normalized spacial score (nSPS) is 18.1. The van der Waals surface area contributed by atoms with E-state index in [2.05, 4.69) is 46.7 Å². The molecule has 0 saturated carbocycles. The van der Waals surface area contributed by atoms with Crippen molar-refractivity contribution in [3.8, 4) is 16.9 Å². The lowest BCUT2D eigenvalue weighted by atomic mass is 9.87. The third kappa shape index (κ3) is 3.78. The lowest BCUT2D eigenvalue weighted by Gasteiger charge is -2.20. The van der Waals surface area contributed by atoms with Crippen LogP contribution in [0.25, 0.3) is 11.1 Å². The Morgan fingerprint density at radius 1 is 1.10 bits per heavy atom. The van der Waals surface area contributed by atoms with E-state index in [1.54, 1.807) is 13.3 Å². The summed E-state index contributed by atoms with van der Waals surface area (Å²) in [5.41, 5.74) is 4.58. The Bertz CT molecular complexity index is 1060. The first kappa shape index (κ1) is 18.9. The Balaban J connectivity index is 1.61. The van der Waals surface area contributed by atoms with Crippen LogP contribution < -0.4 is 10.1 Å². The van der Waals surface area contributed by atoms with Crippen LogP contribution in [0.4, 0.5) is 11.6 Å². The van der Waals surface area contributed by atoms with Gasteiger partial charge in [-0.3, -0.25) is 0 Å². The van der Waals surface area contributed by atoms with Crippen LogP contribution in [0, 0.1) is 19.8 Å². The first-order valence-corrected chi connectivity index (χ1v) is 9.63. The van der Waals surface area contributed by atoms with E-state index in [-0.39, 0.29) is 5.92 Å². The van der Waals surface area contributed by atoms with Crippen molar-refractivity contribution in [3.05, 3.63) is 71.9 Å². The molecule has 2 atom stereocenters. The van der Waals surface area contributed by atoms with Gasteiger partial charge in [0.15, 0.2) is 0 Å². The molecule has 0 amide bonds. The number of nitrogens with one attached hydrogen (secondary N) is 1. The van der Waals surface area contributed by atoms with E-state index < -0.39 is 0 Å². The van der Waals surface area contributed by atoms with Crippen LogP contribution >= 0.6 is 0 Å². The van der Waals surface area contributed by atoms with Gasteiger partial charge in [0.25, 0.3) is 0 Å². The maximum Gasteiger partial charge on any atom is 0.227 e. The fourth-order valence-corrected chi connectivity index (χ4v) is 3.68. The molecule has 2 heterocycles. The number of aryl methyl sites for hydroxylation is 2. The fraction of sp³-hybridized carbons (Fsp3) is 0.261. The monoisotopic (exact) mass is 388 g/mol. The number of anilines is 2. The molecule has 29 heavy (non-hydrogen) atoms. The highest BCUT2D eigenvalue weighted by molar-refractivity contribution is 5.76. The first-order valence-electron chi connectivity index (χ1n) is 9.63. The van der Waals surface area contributed by atoms with Crippen LogP contribution in [0.15, 0.2) is 59.3 Å². The van der Waals surface area contributed by atoms with Crippen LogP contribution in [0.5, 0.6) is 5.75 Å². The topological polar surface area (TPSA) is 73.1 Å². The van der Waals surface area contributed by atoms with Gasteiger partial charge in [0.05, 0.1) is 24.1 Å². The SMILES string of the molecule is COc1cc(Nc2nccc(C3C=CC=CC3C)n2)ccc1-c1c(C)noc1C. The Labute approximate surface area is 170 Å². The molecule has 0 fully saturated rings. The predicted octanol–water partition coefficient (Wildman–Crippen LogP) is 5.35. The lowest BCUT2D eigenvalue weighted by molar-refractivity contribution is 0.393. The third-order valence-corrected chi connectivity index (χ3v) is 5.19. The number of rotatable bonds is 5. The van der Waals surface area contributed by atoms with Gasteiger partial charge < -0.3 is 14.6 Å². The molecule has 1 aliphatic carbocycles. The molecule has 6 heteroatoms. The Kier molecular flexibility index (Phi) is 5.16. The van der Waals surface area contributed by atoms with Crippen molar-refractivity contribution >= 4 is 11.6 Å². The summed E-state index contributed by atoms with van der Waals surface area (Å²) in [7, 11) is 1.65. The zero-order chi connectivity index (χ0) is 20.4. The van der Waals surface area contributed by atoms with E-state index in [0.717, 1.165) is 39.7 Å². The summed E-state index contributed by atoms with van der Waals surface area (Å²) in [6, 6.07) is 7.88. The van der Waals surface area contributed by atoms with Crippen LogP contribution in [0.1, 0.15) is 30.0 Å². The maximum absolute atomic E-state index is 5.62. The van der Waals surface area contributed by atoms with E-state index in [9.17, 15) is 0 Å². The van der Waals surface area contributed by atoms with Gasteiger partial charge in [-0.1, -0.05) is 36.4 Å². The molecule has 2 unspecified atom stereocenters. The standard InChI is InChI=1S/C23H24N4O2/c1-14-7-5-6-8-18(14)20-11-12-24-23(26-20)25-17-9-10-19(21(13-17)28-4)22-15(2)27-29-16(22)3/h5-14,18H,1-4H3,(H,24,25,26).